The molecule has 0 aliphatic heterocycles. The summed E-state index contributed by atoms with van der Waals surface area (Å²) in [5.74, 6) is -0.967. The zero-order chi connectivity index (χ0) is 22.9. The van der Waals surface area contributed by atoms with Crippen LogP contribution in [0.3, 0.4) is 0 Å². The highest BCUT2D eigenvalue weighted by molar-refractivity contribution is 6.10. The molecule has 2 aromatic carbocycles. The molecule has 0 aliphatic rings. The van der Waals surface area contributed by atoms with Gasteiger partial charge in [0.1, 0.15) is 11.3 Å². The number of para-hydroxylation sites is 3. The van der Waals surface area contributed by atoms with Crippen LogP contribution in [0.2, 0.25) is 0 Å². The lowest BCUT2D eigenvalue weighted by atomic mass is 10.1. The SMILES string of the molecule is CCCCCCCCCCn1c(=O)c(C(=O)Nc2ccccc2N)c(O)c2ccccc21. The number of unbranched alkanes of at least 4 members (excludes halogenated alkanes) is 7. The smallest absolute Gasteiger partial charge is 0.267 e. The van der Waals surface area contributed by atoms with Gasteiger partial charge in [0.25, 0.3) is 11.5 Å². The zero-order valence-corrected chi connectivity index (χ0v) is 18.8. The van der Waals surface area contributed by atoms with Gasteiger partial charge in [0.15, 0.2) is 0 Å². The first kappa shape index (κ1) is 23.4. The van der Waals surface area contributed by atoms with Crippen molar-refractivity contribution in [3.63, 3.8) is 0 Å². The molecule has 1 heterocycles. The summed E-state index contributed by atoms with van der Waals surface area (Å²) in [6, 6.07) is 14.0. The summed E-state index contributed by atoms with van der Waals surface area (Å²) in [6.07, 6.45) is 9.27. The van der Waals surface area contributed by atoms with Crippen LogP contribution in [0.5, 0.6) is 5.75 Å². The van der Waals surface area contributed by atoms with Crippen LogP contribution in [-0.2, 0) is 6.54 Å². The minimum atomic E-state index is -0.666. The first-order valence-electron chi connectivity index (χ1n) is 11.5. The lowest BCUT2D eigenvalue weighted by Crippen LogP contribution is -2.30. The Morgan fingerprint density at radius 1 is 0.938 bits per heavy atom. The third-order valence-electron chi connectivity index (χ3n) is 5.82. The van der Waals surface area contributed by atoms with Crippen molar-refractivity contribution in [1.82, 2.24) is 4.57 Å². The van der Waals surface area contributed by atoms with E-state index in [0.717, 1.165) is 19.3 Å². The molecule has 0 radical (unpaired) electrons. The largest absolute Gasteiger partial charge is 0.506 e. The van der Waals surface area contributed by atoms with Crippen molar-refractivity contribution in [3.8, 4) is 5.75 Å². The maximum Gasteiger partial charge on any atom is 0.267 e. The monoisotopic (exact) mass is 435 g/mol. The summed E-state index contributed by atoms with van der Waals surface area (Å²) in [5, 5.41) is 13.9. The number of amides is 1. The number of carbonyl (C=O) groups is 1. The van der Waals surface area contributed by atoms with Crippen molar-refractivity contribution in [1.29, 1.82) is 0 Å². The second-order valence-corrected chi connectivity index (χ2v) is 8.21. The van der Waals surface area contributed by atoms with E-state index in [1.165, 1.54) is 32.1 Å². The number of nitrogens with two attached hydrogens (primary N) is 1. The maximum atomic E-state index is 13.3. The predicted molar refractivity (Wildman–Crippen MR) is 131 cm³/mol. The first-order chi connectivity index (χ1) is 15.5. The number of aryl methyl sites for hydroxylation is 1. The highest BCUT2D eigenvalue weighted by atomic mass is 16.3. The highest BCUT2D eigenvalue weighted by Gasteiger charge is 2.22. The Morgan fingerprint density at radius 3 is 2.28 bits per heavy atom. The van der Waals surface area contributed by atoms with Crippen LogP contribution in [0.25, 0.3) is 10.9 Å². The molecule has 0 spiro atoms. The van der Waals surface area contributed by atoms with Crippen LogP contribution < -0.4 is 16.6 Å². The van der Waals surface area contributed by atoms with E-state index in [1.807, 2.05) is 6.07 Å². The lowest BCUT2D eigenvalue weighted by molar-refractivity contribution is 0.102. The quantitative estimate of drug-likeness (QED) is 0.266. The Balaban J connectivity index is 1.81. The molecule has 0 saturated carbocycles. The number of fused-ring (bicyclic) bond motifs is 1. The maximum absolute atomic E-state index is 13.3. The number of aromatic nitrogens is 1. The van der Waals surface area contributed by atoms with Crippen LogP contribution in [0, 0.1) is 0 Å². The number of nitrogens with one attached hydrogen (secondary N) is 1. The fraction of sp³-hybridized carbons (Fsp3) is 0.385. The summed E-state index contributed by atoms with van der Waals surface area (Å²) in [5.41, 5.74) is 6.59. The van der Waals surface area contributed by atoms with Crippen molar-refractivity contribution < 1.29 is 9.90 Å². The van der Waals surface area contributed by atoms with Gasteiger partial charge in [-0.3, -0.25) is 9.59 Å². The van der Waals surface area contributed by atoms with Gasteiger partial charge in [-0.05, 0) is 30.7 Å². The van der Waals surface area contributed by atoms with E-state index < -0.39 is 11.5 Å². The van der Waals surface area contributed by atoms with Crippen molar-refractivity contribution >= 4 is 28.2 Å². The summed E-state index contributed by atoms with van der Waals surface area (Å²) in [7, 11) is 0. The summed E-state index contributed by atoms with van der Waals surface area (Å²) in [6.45, 7) is 2.71. The van der Waals surface area contributed by atoms with Gasteiger partial charge in [-0.15, -0.1) is 0 Å². The molecule has 6 nitrogen and oxygen atoms in total. The van der Waals surface area contributed by atoms with E-state index in [2.05, 4.69) is 12.2 Å². The molecule has 0 fully saturated rings. The van der Waals surface area contributed by atoms with E-state index in [9.17, 15) is 14.7 Å². The van der Waals surface area contributed by atoms with Crippen molar-refractivity contribution in [2.24, 2.45) is 0 Å². The van der Waals surface area contributed by atoms with Crippen LogP contribution >= 0.6 is 0 Å². The molecule has 1 amide bonds. The number of aromatic hydroxyl groups is 1. The molecule has 3 rings (SSSR count). The fourth-order valence-corrected chi connectivity index (χ4v) is 4.02. The Kier molecular flexibility index (Phi) is 8.31. The average molecular weight is 436 g/mol. The van der Waals surface area contributed by atoms with E-state index >= 15 is 0 Å². The normalized spacial score (nSPS) is 11.0. The third-order valence-corrected chi connectivity index (χ3v) is 5.82. The van der Waals surface area contributed by atoms with Gasteiger partial charge < -0.3 is 20.7 Å². The van der Waals surface area contributed by atoms with Gasteiger partial charge in [0, 0.05) is 11.9 Å². The molecule has 0 atom stereocenters. The topological polar surface area (TPSA) is 97.4 Å². The fourth-order valence-electron chi connectivity index (χ4n) is 4.02. The number of nitrogens with zero attached hydrogens (tertiary/aromatic N) is 1. The molecule has 170 valence electrons. The van der Waals surface area contributed by atoms with E-state index in [-0.39, 0.29) is 11.3 Å². The average Bonchev–Trinajstić information content (AvgIpc) is 2.79. The number of benzene rings is 2. The lowest BCUT2D eigenvalue weighted by Gasteiger charge is -2.15. The molecule has 0 aliphatic carbocycles. The Labute approximate surface area is 189 Å². The van der Waals surface area contributed by atoms with Gasteiger partial charge in [-0.25, -0.2) is 0 Å². The van der Waals surface area contributed by atoms with Gasteiger partial charge in [0.05, 0.1) is 16.9 Å². The number of anilines is 2. The number of pyridine rings is 1. The minimum Gasteiger partial charge on any atom is -0.506 e. The Hall–Kier alpha value is -3.28. The predicted octanol–water partition coefficient (Wildman–Crippen LogP) is 5.68. The number of rotatable bonds is 11. The van der Waals surface area contributed by atoms with Crippen LogP contribution in [0.1, 0.15) is 68.6 Å². The highest BCUT2D eigenvalue weighted by Crippen LogP contribution is 2.28. The Morgan fingerprint density at radius 2 is 1.56 bits per heavy atom. The van der Waals surface area contributed by atoms with E-state index in [4.69, 9.17) is 5.73 Å². The van der Waals surface area contributed by atoms with Crippen LogP contribution in [-0.4, -0.2) is 15.6 Å². The molecule has 4 N–H and O–H groups in total. The Bertz CT molecular complexity index is 1120. The molecule has 6 heteroatoms. The van der Waals surface area contributed by atoms with E-state index in [1.54, 1.807) is 47.0 Å². The second-order valence-electron chi connectivity index (χ2n) is 8.21. The molecule has 0 saturated heterocycles. The number of carbonyl (C=O) groups excluding carboxylic acids is 1. The van der Waals surface area contributed by atoms with Crippen LogP contribution in [0.4, 0.5) is 11.4 Å². The van der Waals surface area contributed by atoms with Gasteiger partial charge in [0.2, 0.25) is 0 Å². The summed E-state index contributed by atoms with van der Waals surface area (Å²) in [4.78, 5) is 26.2. The molecule has 0 bridgehead atoms. The first-order valence-corrected chi connectivity index (χ1v) is 11.5. The molecule has 32 heavy (non-hydrogen) atoms. The second kappa shape index (κ2) is 11.4. The number of nitrogen functional groups attached to an aromatic ring is 1. The van der Waals surface area contributed by atoms with Crippen molar-refractivity contribution in [2.75, 3.05) is 11.1 Å². The standard InChI is InChI=1S/C26H33N3O3/c1-2-3-4-5-6-7-8-13-18-29-22-17-12-9-14-19(22)24(30)23(26(29)32)25(31)28-21-16-11-10-15-20(21)27/h9-12,14-17,30H,2-8,13,18,27H2,1H3,(H,28,31). The minimum absolute atomic E-state index is 0.258. The molecular formula is C26H33N3O3. The van der Waals surface area contributed by atoms with Crippen molar-refractivity contribution in [2.45, 2.75) is 64.8 Å². The number of hydrogen-bond donors (Lipinski definition) is 3. The molecule has 0 unspecified atom stereocenters. The van der Waals surface area contributed by atoms with Gasteiger partial charge >= 0.3 is 0 Å². The third kappa shape index (κ3) is 5.49. The summed E-state index contributed by atoms with van der Waals surface area (Å²) < 4.78 is 1.61. The molecular weight excluding hydrogens is 402 g/mol. The van der Waals surface area contributed by atoms with E-state index in [0.29, 0.717) is 28.8 Å². The van der Waals surface area contributed by atoms with Gasteiger partial charge in [-0.2, -0.15) is 0 Å². The zero-order valence-electron chi connectivity index (χ0n) is 18.8. The number of hydrogen-bond acceptors (Lipinski definition) is 4. The van der Waals surface area contributed by atoms with Gasteiger partial charge in [-0.1, -0.05) is 76.1 Å². The van der Waals surface area contributed by atoms with Crippen LogP contribution in [0.15, 0.2) is 53.3 Å². The van der Waals surface area contributed by atoms with Crippen molar-refractivity contribution in [3.05, 3.63) is 64.4 Å². The summed E-state index contributed by atoms with van der Waals surface area (Å²) >= 11 is 0. The molecule has 1 aromatic heterocycles. The molecule has 3 aromatic rings.